The third kappa shape index (κ3) is 6.06. The highest BCUT2D eigenvalue weighted by Crippen LogP contribution is 2.46. The van der Waals surface area contributed by atoms with Crippen molar-refractivity contribution in [2.75, 3.05) is 26.4 Å². The van der Waals surface area contributed by atoms with E-state index in [1.807, 2.05) is 57.6 Å². The number of nitrogens with zero attached hydrogens (tertiary/aromatic N) is 4. The molecule has 9 nitrogen and oxygen atoms in total. The van der Waals surface area contributed by atoms with Crippen LogP contribution in [0.25, 0.3) is 44.7 Å². The summed E-state index contributed by atoms with van der Waals surface area (Å²) in [4.78, 5) is 25.3. The van der Waals surface area contributed by atoms with Crippen molar-refractivity contribution in [2.24, 2.45) is 7.05 Å². The van der Waals surface area contributed by atoms with E-state index in [1.54, 1.807) is 6.92 Å². The maximum Gasteiger partial charge on any atom is 0.337 e. The van der Waals surface area contributed by atoms with E-state index in [4.69, 9.17) is 24.2 Å². The molecule has 1 saturated heterocycles. The highest BCUT2D eigenvalue weighted by Gasteiger charge is 2.35. The van der Waals surface area contributed by atoms with Crippen LogP contribution in [0, 0.1) is 19.7 Å². The standard InChI is InChI=1S/C42H45FN4O5/c1-23-30-8-7-15-51-38(30)33(43)18-31(23)37-32-19-35(46(6)40(32)45-24(2)36(37)39(41(48)49)52-42(3,4)5)27-11-13-44-34(17-27)26-10-9-25-12-14-47(20-28(25)16-26)29-21-50-22-29/h9-11,13,16-19,29,39H,7-8,12,14-15,20-22H2,1-6H3,(H,48,49)/t39-/m0/s1. The van der Waals surface area contributed by atoms with Crippen LogP contribution in [0.15, 0.2) is 48.7 Å². The number of benzene rings is 2. The molecule has 6 heterocycles. The van der Waals surface area contributed by atoms with Gasteiger partial charge in [0.05, 0.1) is 42.9 Å². The molecule has 0 saturated carbocycles. The molecule has 3 aromatic heterocycles. The van der Waals surface area contributed by atoms with Gasteiger partial charge in [0.15, 0.2) is 17.7 Å². The van der Waals surface area contributed by atoms with Gasteiger partial charge in [0.25, 0.3) is 0 Å². The van der Waals surface area contributed by atoms with E-state index in [0.29, 0.717) is 52.5 Å². The summed E-state index contributed by atoms with van der Waals surface area (Å²) >= 11 is 0. The number of aromatic nitrogens is 3. The van der Waals surface area contributed by atoms with Gasteiger partial charge in [-0.15, -0.1) is 0 Å². The second kappa shape index (κ2) is 13.1. The summed E-state index contributed by atoms with van der Waals surface area (Å²) < 4.78 is 35.4. The number of fused-ring (bicyclic) bond motifs is 3. The molecular weight excluding hydrogens is 659 g/mol. The third-order valence-corrected chi connectivity index (χ3v) is 10.8. The van der Waals surface area contributed by atoms with Crippen LogP contribution < -0.4 is 4.74 Å². The Morgan fingerprint density at radius 2 is 1.87 bits per heavy atom. The topological polar surface area (TPSA) is 98.9 Å². The van der Waals surface area contributed by atoms with E-state index in [9.17, 15) is 9.90 Å². The number of carboxylic acids is 1. The van der Waals surface area contributed by atoms with Gasteiger partial charge in [0.2, 0.25) is 0 Å². The fourth-order valence-corrected chi connectivity index (χ4v) is 8.08. The normalized spacial score (nSPS) is 17.0. The zero-order valence-corrected chi connectivity index (χ0v) is 30.7. The van der Waals surface area contributed by atoms with Crippen LogP contribution in [0.4, 0.5) is 4.39 Å². The molecule has 270 valence electrons. The maximum atomic E-state index is 15.9. The summed E-state index contributed by atoms with van der Waals surface area (Å²) in [7, 11) is 1.96. The molecule has 10 heteroatoms. The van der Waals surface area contributed by atoms with Crippen molar-refractivity contribution in [1.29, 1.82) is 0 Å². The molecule has 52 heavy (non-hydrogen) atoms. The number of ether oxygens (including phenoxy) is 3. The highest BCUT2D eigenvalue weighted by atomic mass is 19.1. The predicted molar refractivity (Wildman–Crippen MR) is 198 cm³/mol. The van der Waals surface area contributed by atoms with Gasteiger partial charge >= 0.3 is 5.97 Å². The van der Waals surface area contributed by atoms with E-state index in [2.05, 4.69) is 29.2 Å². The van der Waals surface area contributed by atoms with Crippen LogP contribution in [0.3, 0.4) is 0 Å². The molecule has 1 N–H and O–H groups in total. The van der Waals surface area contributed by atoms with Gasteiger partial charge in [0, 0.05) is 65.2 Å². The Morgan fingerprint density at radius 1 is 1.06 bits per heavy atom. The van der Waals surface area contributed by atoms with Gasteiger partial charge in [-0.25, -0.2) is 14.2 Å². The Hall–Kier alpha value is -4.64. The molecule has 3 aliphatic heterocycles. The van der Waals surface area contributed by atoms with Gasteiger partial charge in [0.1, 0.15) is 5.65 Å². The van der Waals surface area contributed by atoms with Crippen molar-refractivity contribution in [1.82, 2.24) is 19.4 Å². The summed E-state index contributed by atoms with van der Waals surface area (Å²) in [5.74, 6) is -1.32. The SMILES string of the molecule is Cc1nc2c(cc(-c3ccnc(-c4ccc5c(c4)CN(C4COC4)CC5)c3)n2C)c(-c2cc(F)c3c(c2C)CCCO3)c1[C@H](OC(C)(C)C)C(=O)O. The lowest BCUT2D eigenvalue weighted by Gasteiger charge is -2.40. The average Bonchev–Trinajstić information content (AvgIpc) is 3.42. The number of hydrogen-bond acceptors (Lipinski definition) is 7. The number of aryl methyl sites for hydroxylation is 2. The van der Waals surface area contributed by atoms with Crippen LogP contribution in [-0.2, 0) is 40.7 Å². The molecule has 2 aromatic carbocycles. The lowest BCUT2D eigenvalue weighted by Crippen LogP contribution is -2.50. The maximum absolute atomic E-state index is 15.9. The molecule has 0 unspecified atom stereocenters. The minimum atomic E-state index is -1.34. The number of rotatable bonds is 7. The zero-order chi connectivity index (χ0) is 36.5. The number of pyridine rings is 2. The van der Waals surface area contributed by atoms with E-state index < -0.39 is 23.5 Å². The Kier molecular flexibility index (Phi) is 8.67. The summed E-state index contributed by atoms with van der Waals surface area (Å²) in [5.41, 5.74) is 10.1. The minimum Gasteiger partial charge on any atom is -0.490 e. The summed E-state index contributed by atoms with van der Waals surface area (Å²) in [6.07, 6.45) is 2.96. The van der Waals surface area contributed by atoms with E-state index in [0.717, 1.165) is 72.8 Å². The van der Waals surface area contributed by atoms with Crippen molar-refractivity contribution >= 4 is 17.0 Å². The van der Waals surface area contributed by atoms with Gasteiger partial charge in [-0.1, -0.05) is 12.1 Å². The molecule has 8 rings (SSSR count). The first-order valence-corrected chi connectivity index (χ1v) is 18.1. The van der Waals surface area contributed by atoms with Crippen LogP contribution >= 0.6 is 0 Å². The lowest BCUT2D eigenvalue weighted by atomic mass is 9.86. The monoisotopic (exact) mass is 704 g/mol. The predicted octanol–water partition coefficient (Wildman–Crippen LogP) is 7.75. The molecule has 1 atom stereocenters. The molecule has 0 amide bonds. The molecule has 0 radical (unpaired) electrons. The molecule has 0 bridgehead atoms. The van der Waals surface area contributed by atoms with E-state index in [1.165, 1.54) is 17.2 Å². The summed E-state index contributed by atoms with van der Waals surface area (Å²) in [6.45, 7) is 13.3. The number of carboxylic acid groups (broad SMARTS) is 1. The number of carbonyl (C=O) groups is 1. The van der Waals surface area contributed by atoms with Crippen LogP contribution in [-0.4, -0.2) is 68.5 Å². The molecule has 3 aliphatic rings. The lowest BCUT2D eigenvalue weighted by molar-refractivity contribution is -0.160. The Morgan fingerprint density at radius 3 is 2.60 bits per heavy atom. The molecule has 0 aliphatic carbocycles. The largest absolute Gasteiger partial charge is 0.490 e. The Bertz CT molecular complexity index is 2230. The summed E-state index contributed by atoms with van der Waals surface area (Å²) in [6, 6.07) is 14.7. The van der Waals surface area contributed by atoms with Crippen molar-refractivity contribution in [2.45, 2.75) is 78.2 Å². The first-order valence-electron chi connectivity index (χ1n) is 18.1. The minimum absolute atomic E-state index is 0.279. The zero-order valence-electron chi connectivity index (χ0n) is 30.7. The third-order valence-electron chi connectivity index (χ3n) is 10.8. The number of hydrogen-bond donors (Lipinski definition) is 1. The van der Waals surface area contributed by atoms with Crippen LogP contribution in [0.1, 0.15) is 66.8 Å². The fourth-order valence-electron chi connectivity index (χ4n) is 8.08. The quantitative estimate of drug-likeness (QED) is 0.184. The van der Waals surface area contributed by atoms with Gasteiger partial charge in [-0.2, -0.15) is 0 Å². The van der Waals surface area contributed by atoms with Crippen LogP contribution in [0.2, 0.25) is 0 Å². The molecule has 0 spiro atoms. The van der Waals surface area contributed by atoms with Gasteiger partial charge < -0.3 is 23.9 Å². The van der Waals surface area contributed by atoms with Crippen LogP contribution in [0.5, 0.6) is 5.75 Å². The highest BCUT2D eigenvalue weighted by molar-refractivity contribution is 6.01. The molecular formula is C42H45FN4O5. The van der Waals surface area contributed by atoms with E-state index >= 15 is 4.39 Å². The number of aliphatic carboxylic acids is 1. The van der Waals surface area contributed by atoms with Crippen molar-refractivity contribution in [3.8, 4) is 39.4 Å². The summed E-state index contributed by atoms with van der Waals surface area (Å²) in [5, 5.41) is 11.3. The van der Waals surface area contributed by atoms with E-state index in [-0.39, 0.29) is 5.75 Å². The number of halogens is 1. The second-order valence-electron chi connectivity index (χ2n) is 15.4. The molecule has 1 fully saturated rings. The van der Waals surface area contributed by atoms with Crippen molar-refractivity contribution in [3.05, 3.63) is 88.0 Å². The smallest absolute Gasteiger partial charge is 0.337 e. The Labute approximate surface area is 303 Å². The second-order valence-corrected chi connectivity index (χ2v) is 15.4. The van der Waals surface area contributed by atoms with Crippen molar-refractivity contribution in [3.63, 3.8) is 0 Å². The first-order chi connectivity index (χ1) is 24.9. The first kappa shape index (κ1) is 34.4. The molecule has 5 aromatic rings. The van der Waals surface area contributed by atoms with Gasteiger partial charge in [-0.05, 0) is 106 Å². The fraction of sp³-hybridized carbons (Fsp3) is 0.405. The Balaban J connectivity index is 1.29. The van der Waals surface area contributed by atoms with Gasteiger partial charge in [-0.3, -0.25) is 9.88 Å². The van der Waals surface area contributed by atoms with Crippen molar-refractivity contribution < 1.29 is 28.5 Å². The average molecular weight is 705 g/mol.